The number of aryl methyl sites for hydroxylation is 2. The van der Waals surface area contributed by atoms with E-state index in [4.69, 9.17) is 4.79 Å². The molecule has 0 saturated carbocycles. The zero-order chi connectivity index (χ0) is 10.2. The van der Waals surface area contributed by atoms with Crippen molar-refractivity contribution in [2.24, 2.45) is 0 Å². The molecule has 1 aromatic carbocycles. The van der Waals surface area contributed by atoms with Crippen LogP contribution in [0, 0.1) is 0 Å². The highest BCUT2D eigenvalue weighted by molar-refractivity contribution is 5.36. The SMILES string of the molecule is COC=O.c1ccc2c(c1)CCCC2. The van der Waals surface area contributed by atoms with Crippen LogP contribution >= 0.6 is 0 Å². The van der Waals surface area contributed by atoms with Crippen molar-refractivity contribution in [3.8, 4) is 0 Å². The monoisotopic (exact) mass is 192 g/mol. The summed E-state index contributed by atoms with van der Waals surface area (Å²) in [6.45, 7) is 0.375. The van der Waals surface area contributed by atoms with E-state index in [1.165, 1.54) is 32.8 Å². The average molecular weight is 192 g/mol. The fourth-order valence-corrected chi connectivity index (χ4v) is 1.68. The Morgan fingerprint density at radius 2 is 1.57 bits per heavy atom. The Morgan fingerprint density at radius 3 is 1.93 bits per heavy atom. The molecule has 76 valence electrons. The highest BCUT2D eigenvalue weighted by Crippen LogP contribution is 2.19. The lowest BCUT2D eigenvalue weighted by Crippen LogP contribution is -2.00. The minimum Gasteiger partial charge on any atom is -0.471 e. The Bertz CT molecular complexity index is 256. The summed E-state index contributed by atoms with van der Waals surface area (Å²) >= 11 is 0. The van der Waals surface area contributed by atoms with Gasteiger partial charge in [-0.3, -0.25) is 4.79 Å². The first-order chi connectivity index (χ1) is 6.88. The molecule has 0 unspecified atom stereocenters. The second-order valence-corrected chi connectivity index (χ2v) is 3.31. The van der Waals surface area contributed by atoms with Crippen molar-refractivity contribution < 1.29 is 9.53 Å². The number of benzene rings is 1. The third kappa shape index (κ3) is 3.21. The molecule has 1 aliphatic carbocycles. The van der Waals surface area contributed by atoms with Gasteiger partial charge in [-0.2, -0.15) is 0 Å². The summed E-state index contributed by atoms with van der Waals surface area (Å²) in [5.74, 6) is 0. The number of hydrogen-bond donors (Lipinski definition) is 0. The van der Waals surface area contributed by atoms with Crippen LogP contribution in [0.2, 0.25) is 0 Å². The first kappa shape index (κ1) is 10.8. The van der Waals surface area contributed by atoms with E-state index in [0.717, 1.165) is 0 Å². The Morgan fingerprint density at radius 1 is 1.14 bits per heavy atom. The minimum atomic E-state index is 0.375. The van der Waals surface area contributed by atoms with Crippen LogP contribution in [0.25, 0.3) is 0 Å². The van der Waals surface area contributed by atoms with E-state index >= 15 is 0 Å². The molecule has 0 fully saturated rings. The number of methoxy groups -OCH3 is 1. The maximum absolute atomic E-state index is 8.95. The predicted molar refractivity (Wildman–Crippen MR) is 56.2 cm³/mol. The lowest BCUT2D eigenvalue weighted by Gasteiger charge is -2.13. The van der Waals surface area contributed by atoms with Gasteiger partial charge >= 0.3 is 0 Å². The van der Waals surface area contributed by atoms with Gasteiger partial charge in [0.1, 0.15) is 0 Å². The maximum Gasteiger partial charge on any atom is 0.292 e. The summed E-state index contributed by atoms with van der Waals surface area (Å²) in [7, 11) is 1.31. The third-order valence-electron chi connectivity index (χ3n) is 2.36. The molecular formula is C12H16O2. The molecule has 2 heteroatoms. The van der Waals surface area contributed by atoms with Gasteiger partial charge in [0.15, 0.2) is 0 Å². The molecule has 2 nitrogen and oxygen atoms in total. The van der Waals surface area contributed by atoms with Crippen LogP contribution < -0.4 is 0 Å². The molecule has 0 aromatic heterocycles. The highest BCUT2D eigenvalue weighted by atomic mass is 16.5. The zero-order valence-electron chi connectivity index (χ0n) is 8.53. The quantitative estimate of drug-likeness (QED) is 0.638. The summed E-state index contributed by atoms with van der Waals surface area (Å²) in [4.78, 5) is 8.95. The van der Waals surface area contributed by atoms with Crippen molar-refractivity contribution in [3.63, 3.8) is 0 Å². The van der Waals surface area contributed by atoms with Crippen LogP contribution in [-0.2, 0) is 22.4 Å². The number of hydrogen-bond acceptors (Lipinski definition) is 2. The summed E-state index contributed by atoms with van der Waals surface area (Å²) < 4.78 is 3.86. The molecule has 0 aliphatic heterocycles. The zero-order valence-corrected chi connectivity index (χ0v) is 8.53. The molecule has 0 N–H and O–H groups in total. The van der Waals surface area contributed by atoms with Gasteiger partial charge < -0.3 is 4.74 Å². The molecule has 0 bridgehead atoms. The topological polar surface area (TPSA) is 26.3 Å². The van der Waals surface area contributed by atoms with Crippen molar-refractivity contribution in [1.82, 2.24) is 0 Å². The molecule has 0 spiro atoms. The van der Waals surface area contributed by atoms with Gasteiger partial charge in [-0.05, 0) is 36.8 Å². The van der Waals surface area contributed by atoms with Crippen molar-refractivity contribution in [3.05, 3.63) is 35.4 Å². The molecule has 0 atom stereocenters. The van der Waals surface area contributed by atoms with E-state index in [-0.39, 0.29) is 0 Å². The van der Waals surface area contributed by atoms with Crippen molar-refractivity contribution in [2.45, 2.75) is 25.7 Å². The fraction of sp³-hybridized carbons (Fsp3) is 0.417. The second-order valence-electron chi connectivity index (χ2n) is 3.31. The first-order valence-electron chi connectivity index (χ1n) is 4.91. The van der Waals surface area contributed by atoms with Crippen molar-refractivity contribution in [1.29, 1.82) is 0 Å². The van der Waals surface area contributed by atoms with Crippen molar-refractivity contribution >= 4 is 6.47 Å². The van der Waals surface area contributed by atoms with E-state index in [0.29, 0.717) is 6.47 Å². The number of carbonyl (C=O) groups excluding carboxylic acids is 1. The average Bonchev–Trinajstić information content (AvgIpc) is 2.30. The van der Waals surface area contributed by atoms with Crippen LogP contribution in [-0.4, -0.2) is 13.6 Å². The van der Waals surface area contributed by atoms with Gasteiger partial charge in [0.05, 0.1) is 7.11 Å². The molecule has 2 rings (SSSR count). The molecular weight excluding hydrogens is 176 g/mol. The van der Waals surface area contributed by atoms with Gasteiger partial charge in [0, 0.05) is 0 Å². The Balaban J connectivity index is 0.000000213. The molecule has 0 heterocycles. The van der Waals surface area contributed by atoms with Crippen molar-refractivity contribution in [2.75, 3.05) is 7.11 Å². The highest BCUT2D eigenvalue weighted by Gasteiger charge is 2.05. The predicted octanol–water partition coefficient (Wildman–Crippen LogP) is 2.35. The molecule has 0 saturated heterocycles. The smallest absolute Gasteiger partial charge is 0.292 e. The minimum absolute atomic E-state index is 0.375. The van der Waals surface area contributed by atoms with E-state index in [9.17, 15) is 0 Å². The van der Waals surface area contributed by atoms with Crippen LogP contribution in [0.5, 0.6) is 0 Å². The molecule has 14 heavy (non-hydrogen) atoms. The van der Waals surface area contributed by atoms with E-state index in [1.54, 1.807) is 11.1 Å². The standard InChI is InChI=1S/C10H12.C2H4O2/c1-2-6-10-8-4-3-7-9(10)5-1;1-4-2-3/h1-2,5-6H,3-4,7-8H2;2H,1H3. The molecule has 0 radical (unpaired) electrons. The number of carbonyl (C=O) groups is 1. The third-order valence-corrected chi connectivity index (χ3v) is 2.36. The van der Waals surface area contributed by atoms with Crippen LogP contribution in [0.15, 0.2) is 24.3 Å². The summed E-state index contributed by atoms with van der Waals surface area (Å²) in [5.41, 5.74) is 3.16. The maximum atomic E-state index is 8.95. The first-order valence-corrected chi connectivity index (χ1v) is 4.91. The Kier molecular flexibility index (Phi) is 4.76. The summed E-state index contributed by atoms with van der Waals surface area (Å²) in [6, 6.07) is 8.80. The van der Waals surface area contributed by atoms with Crippen LogP contribution in [0.4, 0.5) is 0 Å². The largest absolute Gasteiger partial charge is 0.471 e. The number of rotatable bonds is 1. The Hall–Kier alpha value is -1.31. The van der Waals surface area contributed by atoms with Gasteiger partial charge in [-0.1, -0.05) is 24.3 Å². The lowest BCUT2D eigenvalue weighted by atomic mass is 9.92. The molecule has 1 aliphatic rings. The molecule has 1 aromatic rings. The normalized spacial score (nSPS) is 13.2. The lowest BCUT2D eigenvalue weighted by molar-refractivity contribution is -0.126. The fourth-order valence-electron chi connectivity index (χ4n) is 1.68. The van der Waals surface area contributed by atoms with Gasteiger partial charge in [-0.15, -0.1) is 0 Å². The van der Waals surface area contributed by atoms with Gasteiger partial charge in [0.25, 0.3) is 6.47 Å². The van der Waals surface area contributed by atoms with Crippen LogP contribution in [0.3, 0.4) is 0 Å². The van der Waals surface area contributed by atoms with E-state index in [1.807, 2.05) is 0 Å². The number of fused-ring (bicyclic) bond motifs is 1. The van der Waals surface area contributed by atoms with Gasteiger partial charge in [0.2, 0.25) is 0 Å². The van der Waals surface area contributed by atoms with E-state index in [2.05, 4.69) is 29.0 Å². The summed E-state index contributed by atoms with van der Waals surface area (Å²) in [6.07, 6.45) is 5.38. The molecule has 0 amide bonds. The summed E-state index contributed by atoms with van der Waals surface area (Å²) in [5, 5.41) is 0. The van der Waals surface area contributed by atoms with Crippen LogP contribution in [0.1, 0.15) is 24.0 Å². The van der Waals surface area contributed by atoms with E-state index < -0.39 is 0 Å². The van der Waals surface area contributed by atoms with Gasteiger partial charge in [-0.25, -0.2) is 0 Å². The second kappa shape index (κ2) is 6.19. The number of ether oxygens (including phenoxy) is 1. The Labute approximate surface area is 84.9 Å².